The average Bonchev–Trinajstić information content (AvgIpc) is 2.59. The van der Waals surface area contributed by atoms with Crippen LogP contribution in [0, 0.1) is 0 Å². The molecule has 12 heavy (non-hydrogen) atoms. The van der Waals surface area contributed by atoms with E-state index in [2.05, 4.69) is 11.1 Å². The highest BCUT2D eigenvalue weighted by atomic mass is 15.1. The summed E-state index contributed by atoms with van der Waals surface area (Å²) in [6.07, 6.45) is 12.3. The molecular weight excluding hydrogens is 146 g/mol. The van der Waals surface area contributed by atoms with Gasteiger partial charge in [0.1, 0.15) is 0 Å². The van der Waals surface area contributed by atoms with E-state index in [1.54, 1.807) is 5.57 Å². The fourth-order valence-corrected chi connectivity index (χ4v) is 2.26. The minimum atomic E-state index is 1.31. The van der Waals surface area contributed by atoms with Crippen molar-refractivity contribution in [2.45, 2.75) is 44.9 Å². The summed E-state index contributed by atoms with van der Waals surface area (Å²) in [5, 5.41) is 0. The molecule has 0 N–H and O–H groups in total. The molecule has 1 aliphatic heterocycles. The number of hydrogen-bond acceptors (Lipinski definition) is 1. The lowest BCUT2D eigenvalue weighted by Crippen LogP contribution is -2.12. The fraction of sp³-hybridized carbons (Fsp3) is 0.818. The van der Waals surface area contributed by atoms with Gasteiger partial charge in [0.05, 0.1) is 0 Å². The van der Waals surface area contributed by atoms with Crippen molar-refractivity contribution in [2.24, 2.45) is 0 Å². The summed E-state index contributed by atoms with van der Waals surface area (Å²) in [6.45, 7) is 2.62. The van der Waals surface area contributed by atoms with Crippen molar-refractivity contribution in [2.75, 3.05) is 13.1 Å². The van der Waals surface area contributed by atoms with Crippen LogP contribution in [0.15, 0.2) is 11.8 Å². The summed E-state index contributed by atoms with van der Waals surface area (Å²) in [5.41, 5.74) is 1.71. The Labute approximate surface area is 75.4 Å². The summed E-state index contributed by atoms with van der Waals surface area (Å²) >= 11 is 0. The third kappa shape index (κ3) is 2.02. The van der Waals surface area contributed by atoms with Crippen LogP contribution in [0.1, 0.15) is 44.9 Å². The van der Waals surface area contributed by atoms with Gasteiger partial charge in [0, 0.05) is 13.1 Å². The molecule has 0 radical (unpaired) electrons. The smallest absolute Gasteiger partial charge is 0.0173 e. The third-order valence-electron chi connectivity index (χ3n) is 3.00. The Morgan fingerprint density at radius 3 is 2.17 bits per heavy atom. The van der Waals surface area contributed by atoms with Gasteiger partial charge in [-0.1, -0.05) is 12.0 Å². The van der Waals surface area contributed by atoms with E-state index in [-0.39, 0.29) is 0 Å². The lowest BCUT2D eigenvalue weighted by atomic mass is 9.96. The average molecular weight is 165 g/mol. The zero-order chi connectivity index (χ0) is 8.23. The molecule has 1 saturated heterocycles. The molecular formula is C11H19N. The molecule has 2 aliphatic rings. The molecule has 1 saturated carbocycles. The van der Waals surface area contributed by atoms with Gasteiger partial charge >= 0.3 is 0 Å². The topological polar surface area (TPSA) is 3.24 Å². The Balaban J connectivity index is 1.87. The molecule has 2 rings (SSSR count). The lowest BCUT2D eigenvalue weighted by molar-refractivity contribution is 0.452. The van der Waals surface area contributed by atoms with Crippen molar-refractivity contribution in [1.82, 2.24) is 4.90 Å². The summed E-state index contributed by atoms with van der Waals surface area (Å²) in [6, 6.07) is 0. The number of allylic oxidation sites excluding steroid dienone is 1. The molecule has 68 valence electrons. The van der Waals surface area contributed by atoms with Crippen LogP contribution in [0.3, 0.4) is 0 Å². The minimum Gasteiger partial charge on any atom is -0.377 e. The first-order valence-electron chi connectivity index (χ1n) is 5.39. The van der Waals surface area contributed by atoms with Crippen LogP contribution in [-0.4, -0.2) is 18.0 Å². The predicted octanol–water partition coefficient (Wildman–Crippen LogP) is 2.93. The monoisotopic (exact) mass is 165 g/mol. The van der Waals surface area contributed by atoms with Crippen LogP contribution >= 0.6 is 0 Å². The van der Waals surface area contributed by atoms with Crippen molar-refractivity contribution in [3.05, 3.63) is 11.8 Å². The predicted molar refractivity (Wildman–Crippen MR) is 52.0 cm³/mol. The second-order valence-electron chi connectivity index (χ2n) is 4.09. The van der Waals surface area contributed by atoms with E-state index in [1.807, 2.05) is 0 Å². The van der Waals surface area contributed by atoms with E-state index in [9.17, 15) is 0 Å². The zero-order valence-electron chi connectivity index (χ0n) is 7.89. The van der Waals surface area contributed by atoms with Crippen LogP contribution in [0.2, 0.25) is 0 Å². The molecule has 0 atom stereocenters. The zero-order valence-corrected chi connectivity index (χ0v) is 7.89. The number of hydrogen-bond donors (Lipinski definition) is 0. The van der Waals surface area contributed by atoms with Crippen LogP contribution in [0.25, 0.3) is 0 Å². The van der Waals surface area contributed by atoms with E-state index in [4.69, 9.17) is 0 Å². The molecule has 0 aromatic rings. The quantitative estimate of drug-likeness (QED) is 0.577. The van der Waals surface area contributed by atoms with Gasteiger partial charge in [-0.05, 0) is 44.7 Å². The van der Waals surface area contributed by atoms with E-state index in [1.165, 1.54) is 58.0 Å². The Hall–Kier alpha value is -0.460. The van der Waals surface area contributed by atoms with E-state index < -0.39 is 0 Å². The standard InChI is InChI=1S/C11H19N/c1-2-6-11(7-3-1)10-12-8-4-5-9-12/h10H,1-9H2. The van der Waals surface area contributed by atoms with E-state index in [0.29, 0.717) is 0 Å². The first-order valence-corrected chi connectivity index (χ1v) is 5.39. The van der Waals surface area contributed by atoms with Crippen LogP contribution in [0.4, 0.5) is 0 Å². The lowest BCUT2D eigenvalue weighted by Gasteiger charge is -2.18. The SMILES string of the molecule is C(=C1CCCCC1)N1CCCC1. The van der Waals surface area contributed by atoms with Gasteiger partial charge in [-0.2, -0.15) is 0 Å². The van der Waals surface area contributed by atoms with Crippen molar-refractivity contribution in [3.8, 4) is 0 Å². The second kappa shape index (κ2) is 3.97. The first kappa shape index (κ1) is 8.15. The molecule has 0 aromatic carbocycles. The van der Waals surface area contributed by atoms with Crippen molar-refractivity contribution in [1.29, 1.82) is 0 Å². The minimum absolute atomic E-state index is 1.31. The van der Waals surface area contributed by atoms with Crippen molar-refractivity contribution >= 4 is 0 Å². The van der Waals surface area contributed by atoms with Gasteiger partial charge in [-0.25, -0.2) is 0 Å². The number of likely N-dealkylation sites (tertiary alicyclic amines) is 1. The molecule has 0 unspecified atom stereocenters. The van der Waals surface area contributed by atoms with Crippen molar-refractivity contribution < 1.29 is 0 Å². The van der Waals surface area contributed by atoms with Crippen LogP contribution in [-0.2, 0) is 0 Å². The maximum atomic E-state index is 2.51. The highest BCUT2D eigenvalue weighted by Gasteiger charge is 2.10. The summed E-state index contributed by atoms with van der Waals surface area (Å²) in [4.78, 5) is 2.51. The van der Waals surface area contributed by atoms with Crippen LogP contribution in [0.5, 0.6) is 0 Å². The molecule has 0 bridgehead atoms. The third-order valence-corrected chi connectivity index (χ3v) is 3.00. The Bertz CT molecular complexity index is 158. The number of rotatable bonds is 1. The van der Waals surface area contributed by atoms with Gasteiger partial charge in [0.25, 0.3) is 0 Å². The summed E-state index contributed by atoms with van der Waals surface area (Å²) < 4.78 is 0. The van der Waals surface area contributed by atoms with Gasteiger partial charge in [-0.3, -0.25) is 0 Å². The van der Waals surface area contributed by atoms with Crippen LogP contribution < -0.4 is 0 Å². The molecule has 1 heterocycles. The highest BCUT2D eigenvalue weighted by Crippen LogP contribution is 2.24. The molecule has 1 aliphatic carbocycles. The molecule has 2 fully saturated rings. The molecule has 0 amide bonds. The van der Waals surface area contributed by atoms with Crippen molar-refractivity contribution in [3.63, 3.8) is 0 Å². The van der Waals surface area contributed by atoms with E-state index >= 15 is 0 Å². The summed E-state index contributed by atoms with van der Waals surface area (Å²) in [5.74, 6) is 0. The normalized spacial score (nSPS) is 24.7. The first-order chi connectivity index (χ1) is 5.95. The molecule has 1 nitrogen and oxygen atoms in total. The highest BCUT2D eigenvalue weighted by molar-refractivity contribution is 5.04. The molecule has 1 heteroatoms. The van der Waals surface area contributed by atoms with Gasteiger partial charge in [-0.15, -0.1) is 0 Å². The maximum Gasteiger partial charge on any atom is 0.0173 e. The summed E-state index contributed by atoms with van der Waals surface area (Å²) in [7, 11) is 0. The van der Waals surface area contributed by atoms with Gasteiger partial charge in [0.2, 0.25) is 0 Å². The second-order valence-corrected chi connectivity index (χ2v) is 4.09. The number of nitrogens with zero attached hydrogens (tertiary/aromatic N) is 1. The van der Waals surface area contributed by atoms with Gasteiger partial charge < -0.3 is 4.90 Å². The molecule has 0 aromatic heterocycles. The Morgan fingerprint density at radius 1 is 0.833 bits per heavy atom. The van der Waals surface area contributed by atoms with Gasteiger partial charge in [0.15, 0.2) is 0 Å². The fourth-order valence-electron chi connectivity index (χ4n) is 2.26. The molecule has 0 spiro atoms. The maximum absolute atomic E-state index is 2.51. The Kier molecular flexibility index (Phi) is 2.70. The van der Waals surface area contributed by atoms with E-state index in [0.717, 1.165) is 0 Å². The largest absolute Gasteiger partial charge is 0.377 e. The Morgan fingerprint density at radius 2 is 1.50 bits per heavy atom.